The van der Waals surface area contributed by atoms with Gasteiger partial charge in [-0.1, -0.05) is 0 Å². The molecule has 1 aromatic rings. The summed E-state index contributed by atoms with van der Waals surface area (Å²) in [5, 5.41) is 10.2. The van der Waals surface area contributed by atoms with Crippen molar-refractivity contribution in [3.8, 4) is 0 Å². The first-order chi connectivity index (χ1) is 4.63. The molecular weight excluding hydrogens is 139 g/mol. The summed E-state index contributed by atoms with van der Waals surface area (Å²) in [6, 6.07) is 0. The molecule has 0 amide bonds. The zero-order valence-corrected chi connectivity index (χ0v) is 6.79. The second kappa shape index (κ2) is 3.61. The average molecular weight is 146 g/mol. The minimum atomic E-state index is -1.22. The van der Waals surface area contributed by atoms with Gasteiger partial charge in [0.25, 0.3) is 0 Å². The maximum Gasteiger partial charge on any atom is 1.00 e. The molecule has 5 heteroatoms. The van der Waals surface area contributed by atoms with Gasteiger partial charge in [0.05, 0.1) is 12.3 Å². The number of hydrogen-bond donors (Lipinski definition) is 0. The number of aryl methyl sites for hydroxylation is 1. The van der Waals surface area contributed by atoms with Crippen molar-refractivity contribution >= 4 is 5.97 Å². The molecule has 0 aliphatic rings. The number of hydrogen-bond acceptors (Lipinski definition) is 3. The Kier molecular flexibility index (Phi) is 3.37. The summed E-state index contributed by atoms with van der Waals surface area (Å²) in [6.07, 6.45) is 1.44. The fourth-order valence-corrected chi connectivity index (χ4v) is 0.692. The first-order valence-electron chi connectivity index (χ1n) is 2.82. The van der Waals surface area contributed by atoms with E-state index < -0.39 is 5.97 Å². The second-order valence-corrected chi connectivity index (χ2v) is 2.08. The Labute approximate surface area is 76.4 Å². The Morgan fingerprint density at radius 3 is 2.45 bits per heavy atom. The van der Waals surface area contributed by atoms with Gasteiger partial charge >= 0.3 is 18.9 Å². The van der Waals surface area contributed by atoms with Crippen LogP contribution in [0.5, 0.6) is 0 Å². The summed E-state index contributed by atoms with van der Waals surface area (Å²) in [4.78, 5) is 13.9. The van der Waals surface area contributed by atoms with Crippen LogP contribution in [0.15, 0.2) is 6.33 Å². The molecule has 0 bridgehead atoms. The topological polar surface area (TPSA) is 57.9 Å². The van der Waals surface area contributed by atoms with Crippen LogP contribution in [0.4, 0.5) is 0 Å². The van der Waals surface area contributed by atoms with Crippen LogP contribution in [0.1, 0.15) is 16.2 Å². The number of carbonyl (C=O) groups is 1. The van der Waals surface area contributed by atoms with E-state index in [1.807, 2.05) is 0 Å². The van der Waals surface area contributed by atoms with Gasteiger partial charge in [-0.2, -0.15) is 0 Å². The smallest absolute Gasteiger partial charge is 0.543 e. The van der Waals surface area contributed by atoms with Crippen LogP contribution in [-0.2, 0) is 7.05 Å². The number of imidazole rings is 1. The molecule has 0 saturated carbocycles. The number of carboxylic acid groups (broad SMARTS) is 1. The van der Waals surface area contributed by atoms with Gasteiger partial charge in [-0.25, -0.2) is 4.98 Å². The molecule has 1 aromatic heterocycles. The molecule has 0 aromatic carbocycles. The summed E-state index contributed by atoms with van der Waals surface area (Å²) < 4.78 is 1.63. The zero-order valence-electron chi connectivity index (χ0n) is 6.79. The Bertz CT molecular complexity index is 270. The van der Waals surface area contributed by atoms with Crippen LogP contribution in [-0.4, -0.2) is 15.5 Å². The van der Waals surface area contributed by atoms with Crippen molar-refractivity contribution in [1.29, 1.82) is 0 Å². The van der Waals surface area contributed by atoms with E-state index in [2.05, 4.69) is 4.98 Å². The molecule has 0 N–H and O–H groups in total. The van der Waals surface area contributed by atoms with E-state index >= 15 is 0 Å². The molecule has 0 unspecified atom stereocenters. The van der Waals surface area contributed by atoms with E-state index in [1.54, 1.807) is 18.5 Å². The Morgan fingerprint density at radius 1 is 1.73 bits per heavy atom. The van der Waals surface area contributed by atoms with Crippen LogP contribution in [0.3, 0.4) is 0 Å². The van der Waals surface area contributed by atoms with Crippen LogP contribution in [0, 0.1) is 6.92 Å². The molecule has 0 atom stereocenters. The van der Waals surface area contributed by atoms with E-state index in [-0.39, 0.29) is 24.6 Å². The predicted molar refractivity (Wildman–Crippen MR) is 32.3 cm³/mol. The molecule has 0 radical (unpaired) electrons. The molecule has 0 aliphatic heterocycles. The van der Waals surface area contributed by atoms with E-state index in [9.17, 15) is 9.90 Å². The molecule has 11 heavy (non-hydrogen) atoms. The fraction of sp³-hybridized carbons (Fsp3) is 0.333. The number of rotatable bonds is 1. The number of aromatic carboxylic acids is 1. The quantitative estimate of drug-likeness (QED) is 0.380. The largest absolute Gasteiger partial charge is 1.00 e. The summed E-state index contributed by atoms with van der Waals surface area (Å²) in [6.45, 7) is 1.68. The van der Waals surface area contributed by atoms with Gasteiger partial charge in [0.2, 0.25) is 0 Å². The van der Waals surface area contributed by atoms with Crippen molar-refractivity contribution in [2.24, 2.45) is 7.05 Å². The van der Waals surface area contributed by atoms with Crippen molar-refractivity contribution in [3.63, 3.8) is 0 Å². The van der Waals surface area contributed by atoms with E-state index in [4.69, 9.17) is 0 Å². The van der Waals surface area contributed by atoms with Gasteiger partial charge in [-0.05, 0) is 6.92 Å². The molecular formula is C6H7LiN2O2. The number of carboxylic acids is 1. The minimum absolute atomic E-state index is 0. The predicted octanol–water partition coefficient (Wildman–Crippen LogP) is -3.90. The molecule has 1 rings (SSSR count). The van der Waals surface area contributed by atoms with E-state index in [0.717, 1.165) is 0 Å². The summed E-state index contributed by atoms with van der Waals surface area (Å²) >= 11 is 0. The second-order valence-electron chi connectivity index (χ2n) is 2.08. The maximum absolute atomic E-state index is 10.2. The fourth-order valence-electron chi connectivity index (χ4n) is 0.692. The van der Waals surface area contributed by atoms with Crippen LogP contribution in [0.25, 0.3) is 0 Å². The van der Waals surface area contributed by atoms with E-state index in [0.29, 0.717) is 5.69 Å². The standard InChI is InChI=1S/C6H8N2O2.Li/c1-4-5(6(9)10)7-3-8(4)2;/h3H,1-2H3,(H,9,10);/q;+1/p-1. The molecule has 0 saturated heterocycles. The maximum atomic E-state index is 10.2. The number of carbonyl (C=O) groups excluding carboxylic acids is 1. The molecule has 0 spiro atoms. The molecule has 54 valence electrons. The molecule has 4 nitrogen and oxygen atoms in total. The molecule has 0 aliphatic carbocycles. The van der Waals surface area contributed by atoms with Crippen molar-refractivity contribution in [3.05, 3.63) is 17.7 Å². The van der Waals surface area contributed by atoms with Gasteiger partial charge in [-0.15, -0.1) is 0 Å². The van der Waals surface area contributed by atoms with Crippen molar-refractivity contribution in [2.75, 3.05) is 0 Å². The number of aromatic nitrogens is 2. The van der Waals surface area contributed by atoms with E-state index in [1.165, 1.54) is 6.33 Å². The van der Waals surface area contributed by atoms with Crippen LogP contribution in [0.2, 0.25) is 0 Å². The normalized spacial score (nSPS) is 8.91. The first kappa shape index (κ1) is 10.3. The van der Waals surface area contributed by atoms with Gasteiger partial charge in [0.1, 0.15) is 5.69 Å². The first-order valence-corrected chi connectivity index (χ1v) is 2.82. The van der Waals surface area contributed by atoms with Crippen LogP contribution >= 0.6 is 0 Å². The monoisotopic (exact) mass is 146 g/mol. The van der Waals surface area contributed by atoms with Crippen molar-refractivity contribution in [1.82, 2.24) is 9.55 Å². The molecule has 1 heterocycles. The van der Waals surface area contributed by atoms with Crippen molar-refractivity contribution in [2.45, 2.75) is 6.92 Å². The van der Waals surface area contributed by atoms with Gasteiger partial charge in [0, 0.05) is 12.7 Å². The average Bonchev–Trinajstić information content (AvgIpc) is 2.14. The Morgan fingerprint density at radius 2 is 2.27 bits per heavy atom. The zero-order chi connectivity index (χ0) is 7.72. The van der Waals surface area contributed by atoms with Crippen molar-refractivity contribution < 1.29 is 28.8 Å². The molecule has 0 fully saturated rings. The third-order valence-corrected chi connectivity index (χ3v) is 1.43. The third-order valence-electron chi connectivity index (χ3n) is 1.43. The SMILES string of the molecule is Cc1c(C(=O)[O-])ncn1C.[Li+]. The Hall–Kier alpha value is -0.723. The van der Waals surface area contributed by atoms with Gasteiger partial charge < -0.3 is 14.5 Å². The summed E-state index contributed by atoms with van der Waals surface area (Å²) in [7, 11) is 1.73. The summed E-state index contributed by atoms with van der Waals surface area (Å²) in [5.74, 6) is -1.22. The van der Waals surface area contributed by atoms with Crippen LogP contribution < -0.4 is 24.0 Å². The minimum Gasteiger partial charge on any atom is -0.543 e. The summed E-state index contributed by atoms with van der Waals surface area (Å²) in [5.41, 5.74) is 0.627. The number of nitrogens with zero attached hydrogens (tertiary/aromatic N) is 2. The third kappa shape index (κ3) is 1.85. The van der Waals surface area contributed by atoms with Gasteiger partial charge in [-0.3, -0.25) is 0 Å². The van der Waals surface area contributed by atoms with Gasteiger partial charge in [0.15, 0.2) is 0 Å². The Balaban J connectivity index is 0.000001000.